The van der Waals surface area contributed by atoms with Gasteiger partial charge in [-0.1, -0.05) is 23.7 Å². The van der Waals surface area contributed by atoms with Crippen molar-refractivity contribution in [1.29, 1.82) is 0 Å². The number of H-pyrrole nitrogens is 1. The predicted octanol–water partition coefficient (Wildman–Crippen LogP) is 4.31. The van der Waals surface area contributed by atoms with Crippen molar-refractivity contribution in [1.82, 2.24) is 19.9 Å². The first-order chi connectivity index (χ1) is 12.7. The number of hydrogen-bond acceptors (Lipinski definition) is 3. The predicted molar refractivity (Wildman–Crippen MR) is 103 cm³/mol. The molecule has 0 radical (unpaired) electrons. The molecule has 1 unspecified atom stereocenters. The standard InChI is InChI=1S/C21H21ClN4/c1-13-8-14-11-26(12-15(14)10-23-13)16-6-7-19-20(9-16)25-21(24-19)17-4-2-3-5-18(17)22/h2-5,8,10,16H,6-7,9,11-12H2,1H3,(H,24,25). The summed E-state index contributed by atoms with van der Waals surface area (Å²) in [6, 6.07) is 10.7. The molecular formula is C21H21ClN4. The fourth-order valence-electron chi connectivity index (χ4n) is 4.24. The van der Waals surface area contributed by atoms with Crippen LogP contribution < -0.4 is 0 Å². The Bertz CT molecular complexity index is 978. The zero-order chi connectivity index (χ0) is 17.7. The highest BCUT2D eigenvalue weighted by Gasteiger charge is 2.30. The van der Waals surface area contributed by atoms with Crippen LogP contribution in [0.1, 0.15) is 34.6 Å². The second-order valence-corrected chi connectivity index (χ2v) is 7.79. The van der Waals surface area contributed by atoms with Crippen molar-refractivity contribution in [3.63, 3.8) is 0 Å². The highest BCUT2D eigenvalue weighted by Crippen LogP contribution is 2.33. The Balaban J connectivity index is 1.37. The van der Waals surface area contributed by atoms with Gasteiger partial charge in [-0.05, 0) is 49.1 Å². The molecule has 0 fully saturated rings. The van der Waals surface area contributed by atoms with Gasteiger partial charge in [-0.2, -0.15) is 0 Å². The summed E-state index contributed by atoms with van der Waals surface area (Å²) in [4.78, 5) is 15.4. The Labute approximate surface area is 158 Å². The van der Waals surface area contributed by atoms with Crippen molar-refractivity contribution in [2.24, 2.45) is 0 Å². The van der Waals surface area contributed by atoms with E-state index in [0.717, 1.165) is 54.5 Å². The van der Waals surface area contributed by atoms with E-state index in [1.54, 1.807) is 0 Å². The van der Waals surface area contributed by atoms with Crippen LogP contribution in [0.3, 0.4) is 0 Å². The van der Waals surface area contributed by atoms with Crippen LogP contribution in [0.4, 0.5) is 0 Å². The summed E-state index contributed by atoms with van der Waals surface area (Å²) >= 11 is 6.34. The van der Waals surface area contributed by atoms with Crippen LogP contribution >= 0.6 is 11.6 Å². The number of hydrogen-bond donors (Lipinski definition) is 1. The maximum Gasteiger partial charge on any atom is 0.139 e. The van der Waals surface area contributed by atoms with Gasteiger partial charge in [0.15, 0.2) is 0 Å². The number of pyridine rings is 1. The van der Waals surface area contributed by atoms with Crippen LogP contribution in [0.2, 0.25) is 5.02 Å². The molecule has 5 rings (SSSR count). The molecular weight excluding hydrogens is 344 g/mol. The maximum absolute atomic E-state index is 6.34. The van der Waals surface area contributed by atoms with Crippen molar-refractivity contribution < 1.29 is 0 Å². The van der Waals surface area contributed by atoms with Crippen LogP contribution in [0, 0.1) is 6.92 Å². The number of imidazole rings is 1. The number of aryl methyl sites for hydroxylation is 2. The van der Waals surface area contributed by atoms with Gasteiger partial charge in [0.1, 0.15) is 5.82 Å². The number of benzene rings is 1. The van der Waals surface area contributed by atoms with E-state index in [4.69, 9.17) is 16.6 Å². The molecule has 1 atom stereocenters. The van der Waals surface area contributed by atoms with E-state index in [2.05, 4.69) is 27.9 Å². The van der Waals surface area contributed by atoms with Gasteiger partial charge in [0.2, 0.25) is 0 Å². The molecule has 1 aliphatic carbocycles. The van der Waals surface area contributed by atoms with Crippen molar-refractivity contribution in [2.45, 2.75) is 45.3 Å². The van der Waals surface area contributed by atoms with Gasteiger partial charge in [0.25, 0.3) is 0 Å². The Morgan fingerprint density at radius 1 is 1.19 bits per heavy atom. The lowest BCUT2D eigenvalue weighted by atomic mass is 9.95. The minimum Gasteiger partial charge on any atom is -0.342 e. The average Bonchev–Trinajstić information content (AvgIpc) is 3.24. The Morgan fingerprint density at radius 3 is 2.92 bits per heavy atom. The van der Waals surface area contributed by atoms with E-state index in [0.29, 0.717) is 6.04 Å². The number of nitrogens with zero attached hydrogens (tertiary/aromatic N) is 3. The van der Waals surface area contributed by atoms with E-state index in [-0.39, 0.29) is 0 Å². The van der Waals surface area contributed by atoms with Crippen LogP contribution in [0.25, 0.3) is 11.4 Å². The van der Waals surface area contributed by atoms with Crippen molar-refractivity contribution in [2.75, 3.05) is 0 Å². The van der Waals surface area contributed by atoms with E-state index in [1.807, 2.05) is 30.5 Å². The third-order valence-electron chi connectivity index (χ3n) is 5.63. The number of aromatic amines is 1. The first kappa shape index (κ1) is 16.0. The van der Waals surface area contributed by atoms with Gasteiger partial charge < -0.3 is 4.98 Å². The fraction of sp³-hybridized carbons (Fsp3) is 0.333. The Morgan fingerprint density at radius 2 is 2.04 bits per heavy atom. The first-order valence-electron chi connectivity index (χ1n) is 9.18. The molecule has 0 saturated carbocycles. The number of halogens is 1. The molecule has 132 valence electrons. The SMILES string of the molecule is Cc1cc2c(cn1)CN(C1CCc3nc(-c4ccccc4Cl)[nH]c3C1)C2. The third kappa shape index (κ3) is 2.74. The number of rotatable bonds is 2. The molecule has 2 aliphatic rings. The fourth-order valence-corrected chi connectivity index (χ4v) is 4.47. The lowest BCUT2D eigenvalue weighted by Gasteiger charge is -2.30. The van der Waals surface area contributed by atoms with E-state index in [9.17, 15) is 0 Å². The number of nitrogens with one attached hydrogen (secondary N) is 1. The highest BCUT2D eigenvalue weighted by molar-refractivity contribution is 6.33. The minimum atomic E-state index is 0.551. The summed E-state index contributed by atoms with van der Waals surface area (Å²) in [6.07, 6.45) is 5.24. The molecule has 5 heteroatoms. The van der Waals surface area contributed by atoms with Gasteiger partial charge in [-0.3, -0.25) is 9.88 Å². The minimum absolute atomic E-state index is 0.551. The van der Waals surface area contributed by atoms with Crippen LogP contribution in [0.15, 0.2) is 36.5 Å². The van der Waals surface area contributed by atoms with Gasteiger partial charge in [-0.15, -0.1) is 0 Å². The van der Waals surface area contributed by atoms with Crippen molar-refractivity contribution in [3.05, 3.63) is 69.8 Å². The smallest absolute Gasteiger partial charge is 0.139 e. The monoisotopic (exact) mass is 364 g/mol. The second kappa shape index (κ2) is 6.22. The topological polar surface area (TPSA) is 44.8 Å². The summed E-state index contributed by atoms with van der Waals surface area (Å²) in [5.74, 6) is 0.894. The summed E-state index contributed by atoms with van der Waals surface area (Å²) in [5.41, 5.74) is 7.36. The Hall–Kier alpha value is -2.17. The molecule has 26 heavy (non-hydrogen) atoms. The number of aromatic nitrogens is 3. The molecule has 0 spiro atoms. The maximum atomic E-state index is 6.34. The van der Waals surface area contributed by atoms with Gasteiger partial charge in [0, 0.05) is 48.7 Å². The molecule has 1 aromatic carbocycles. The molecule has 1 N–H and O–H groups in total. The van der Waals surface area contributed by atoms with Gasteiger partial charge >= 0.3 is 0 Å². The van der Waals surface area contributed by atoms with Gasteiger partial charge in [-0.25, -0.2) is 4.98 Å². The largest absolute Gasteiger partial charge is 0.342 e. The lowest BCUT2D eigenvalue weighted by Crippen LogP contribution is -2.35. The highest BCUT2D eigenvalue weighted by atomic mass is 35.5. The van der Waals surface area contributed by atoms with Crippen molar-refractivity contribution in [3.8, 4) is 11.4 Å². The van der Waals surface area contributed by atoms with E-state index >= 15 is 0 Å². The zero-order valence-corrected chi connectivity index (χ0v) is 15.6. The van der Waals surface area contributed by atoms with Crippen LogP contribution in [-0.2, 0) is 25.9 Å². The normalized spacial score (nSPS) is 19.4. The average molecular weight is 365 g/mol. The molecule has 2 aromatic heterocycles. The molecule has 0 amide bonds. The summed E-state index contributed by atoms with van der Waals surface area (Å²) in [5, 5.41) is 0.744. The van der Waals surface area contributed by atoms with Crippen LogP contribution in [0.5, 0.6) is 0 Å². The van der Waals surface area contributed by atoms with Crippen LogP contribution in [-0.4, -0.2) is 25.9 Å². The second-order valence-electron chi connectivity index (χ2n) is 7.39. The molecule has 0 bridgehead atoms. The summed E-state index contributed by atoms with van der Waals surface area (Å²) in [7, 11) is 0. The molecule has 3 aromatic rings. The van der Waals surface area contributed by atoms with Crippen molar-refractivity contribution >= 4 is 11.6 Å². The molecule has 1 aliphatic heterocycles. The first-order valence-corrected chi connectivity index (χ1v) is 9.56. The lowest BCUT2D eigenvalue weighted by molar-refractivity contribution is 0.180. The zero-order valence-electron chi connectivity index (χ0n) is 14.8. The summed E-state index contributed by atoms with van der Waals surface area (Å²) in [6.45, 7) is 4.11. The molecule has 4 nitrogen and oxygen atoms in total. The number of fused-ring (bicyclic) bond motifs is 2. The quantitative estimate of drug-likeness (QED) is 0.737. The van der Waals surface area contributed by atoms with Gasteiger partial charge in [0.05, 0.1) is 10.7 Å². The molecule has 0 saturated heterocycles. The third-order valence-corrected chi connectivity index (χ3v) is 5.96. The Kier molecular flexibility index (Phi) is 3.84. The molecule has 3 heterocycles. The van der Waals surface area contributed by atoms with E-state index < -0.39 is 0 Å². The van der Waals surface area contributed by atoms with E-state index in [1.165, 1.54) is 22.5 Å². The summed E-state index contributed by atoms with van der Waals surface area (Å²) < 4.78 is 0.